The van der Waals surface area contributed by atoms with Gasteiger partial charge in [-0.05, 0) is 0 Å². The fourth-order valence-electron chi connectivity index (χ4n) is 4.81. The summed E-state index contributed by atoms with van der Waals surface area (Å²) in [4.78, 5) is 18.3. The molecule has 0 atom stereocenters. The number of aryl methyl sites for hydroxylation is 1. The van der Waals surface area contributed by atoms with Crippen LogP contribution in [0.2, 0.25) is 0 Å². The van der Waals surface area contributed by atoms with Crippen molar-refractivity contribution < 1.29 is 9.36 Å². The molecule has 0 fully saturated rings. The van der Waals surface area contributed by atoms with Crippen LogP contribution in [0, 0.1) is 0 Å². The average Bonchev–Trinajstić information content (AvgIpc) is 3.41. The number of carbonyl (C=O) groups is 1. The van der Waals surface area contributed by atoms with Crippen molar-refractivity contribution in [3.8, 4) is 0 Å². The second-order valence-electron chi connectivity index (χ2n) is 8.27. The number of anilines is 1. The Hall–Kier alpha value is -2.36. The molecule has 34 heavy (non-hydrogen) atoms. The summed E-state index contributed by atoms with van der Waals surface area (Å²) in [6, 6.07) is 17.3. The molecule has 5 rings (SSSR count). The third-order valence-electron chi connectivity index (χ3n) is 6.52. The van der Waals surface area contributed by atoms with E-state index < -0.39 is 0 Å². The quantitative estimate of drug-likeness (QED) is 0.243. The summed E-state index contributed by atoms with van der Waals surface area (Å²) in [7, 11) is 0. The fraction of sp³-hybridized carbons (Fsp3) is 0.286. The molecule has 3 aromatic rings. The van der Waals surface area contributed by atoms with Gasteiger partial charge in [0.25, 0.3) is 0 Å². The molecule has 4 nitrogen and oxygen atoms in total. The molecule has 0 radical (unpaired) electrons. The number of hydrogen-bond donors (Lipinski definition) is 0. The molecule has 0 bridgehead atoms. The standard InChI is InChI=1S/C28H30N3OSe2/c1-5-29(6-2)27-19(17-25-30(7-3)21-13-9-11-15-23(21)33-25)28(32)20(27)18-26-31(8-4)22-14-10-12-16-24(22)34-26/h9-18H,5-8H2,1-4H3/q+1. The maximum atomic E-state index is 13.6. The van der Waals surface area contributed by atoms with E-state index in [9.17, 15) is 4.79 Å². The Kier molecular flexibility index (Phi) is 6.68. The van der Waals surface area contributed by atoms with Crippen molar-refractivity contribution in [3.63, 3.8) is 0 Å². The van der Waals surface area contributed by atoms with Gasteiger partial charge in [0, 0.05) is 0 Å². The van der Waals surface area contributed by atoms with Gasteiger partial charge in [0.2, 0.25) is 0 Å². The molecule has 0 unspecified atom stereocenters. The Labute approximate surface area is 214 Å². The van der Waals surface area contributed by atoms with E-state index in [0.717, 1.165) is 43.0 Å². The number of rotatable bonds is 7. The summed E-state index contributed by atoms with van der Waals surface area (Å²) >= 11 is 0.440. The first-order valence-corrected chi connectivity index (χ1v) is 15.5. The molecule has 1 aliphatic carbocycles. The van der Waals surface area contributed by atoms with Gasteiger partial charge < -0.3 is 0 Å². The predicted octanol–water partition coefficient (Wildman–Crippen LogP) is 3.48. The number of ketones is 1. The van der Waals surface area contributed by atoms with Crippen LogP contribution in [-0.4, -0.2) is 59.8 Å². The van der Waals surface area contributed by atoms with E-state index >= 15 is 0 Å². The topological polar surface area (TPSA) is 27.4 Å². The number of para-hydroxylation sites is 2. The number of allylic oxidation sites excluding steroid dienone is 3. The van der Waals surface area contributed by atoms with Crippen molar-refractivity contribution in [3.05, 3.63) is 80.6 Å². The molecule has 0 amide bonds. The molecule has 1 aromatic heterocycles. The van der Waals surface area contributed by atoms with E-state index in [1.807, 2.05) is 0 Å². The molecule has 174 valence electrons. The van der Waals surface area contributed by atoms with Crippen LogP contribution in [0.5, 0.6) is 0 Å². The second kappa shape index (κ2) is 9.71. The number of fused-ring (bicyclic) bond motifs is 2. The van der Waals surface area contributed by atoms with Crippen molar-refractivity contribution >= 4 is 61.2 Å². The van der Waals surface area contributed by atoms with E-state index in [1.54, 1.807) is 0 Å². The first-order valence-electron chi connectivity index (χ1n) is 12.0. The molecule has 2 aromatic carbocycles. The zero-order valence-corrected chi connectivity index (χ0v) is 23.6. The Morgan fingerprint density at radius 3 is 2.44 bits per heavy atom. The van der Waals surface area contributed by atoms with Gasteiger partial charge in [0.15, 0.2) is 0 Å². The van der Waals surface area contributed by atoms with Crippen LogP contribution in [0.3, 0.4) is 0 Å². The van der Waals surface area contributed by atoms with Crippen LogP contribution < -0.4 is 13.9 Å². The number of hydrogen-bond acceptors (Lipinski definition) is 3. The summed E-state index contributed by atoms with van der Waals surface area (Å²) in [6.07, 6.45) is 4.38. The Morgan fingerprint density at radius 2 is 1.71 bits per heavy atom. The first kappa shape index (κ1) is 23.4. The average molecular weight is 582 g/mol. The number of nitrogens with zero attached hydrogens (tertiary/aromatic N) is 3. The molecule has 6 heteroatoms. The Morgan fingerprint density at radius 1 is 0.971 bits per heavy atom. The number of benzene rings is 2. The van der Waals surface area contributed by atoms with Crippen molar-refractivity contribution in [1.82, 2.24) is 4.90 Å². The number of aromatic nitrogens is 1. The summed E-state index contributed by atoms with van der Waals surface area (Å²) in [5.41, 5.74) is 5.48. The molecule has 2 aliphatic rings. The van der Waals surface area contributed by atoms with Crippen LogP contribution >= 0.6 is 0 Å². The monoisotopic (exact) mass is 584 g/mol. The van der Waals surface area contributed by atoms with Gasteiger partial charge in [-0.25, -0.2) is 0 Å². The van der Waals surface area contributed by atoms with Crippen LogP contribution in [0.4, 0.5) is 5.69 Å². The van der Waals surface area contributed by atoms with Gasteiger partial charge >= 0.3 is 215 Å². The molecule has 0 N–H and O–H groups in total. The Bertz CT molecular complexity index is 1360. The minimum absolute atomic E-state index is 0.188. The number of Topliss-reactive ketones (excluding diaryl/α,β-unsaturated/α-hetero) is 1. The molecule has 0 saturated carbocycles. The molecule has 0 spiro atoms. The first-order chi connectivity index (χ1) is 16.6. The van der Waals surface area contributed by atoms with Crippen LogP contribution in [0.1, 0.15) is 32.3 Å². The van der Waals surface area contributed by atoms with Crippen LogP contribution in [0.25, 0.3) is 15.9 Å². The van der Waals surface area contributed by atoms with Crippen molar-refractivity contribution in [2.45, 2.75) is 34.2 Å². The van der Waals surface area contributed by atoms with E-state index in [2.05, 4.69) is 103 Å². The minimum atomic E-state index is 0.188. The van der Waals surface area contributed by atoms with E-state index in [0.29, 0.717) is 0 Å². The van der Waals surface area contributed by atoms with Crippen LogP contribution in [0.15, 0.2) is 76.0 Å². The van der Waals surface area contributed by atoms with Gasteiger partial charge in [-0.1, -0.05) is 0 Å². The predicted molar refractivity (Wildman–Crippen MR) is 143 cm³/mol. The summed E-state index contributed by atoms with van der Waals surface area (Å²) in [5.74, 6) is 0.188. The van der Waals surface area contributed by atoms with Gasteiger partial charge in [-0.2, -0.15) is 0 Å². The zero-order chi connectivity index (χ0) is 23.8. The van der Waals surface area contributed by atoms with Gasteiger partial charge in [-0.15, -0.1) is 0 Å². The van der Waals surface area contributed by atoms with Crippen molar-refractivity contribution in [1.29, 1.82) is 0 Å². The molecular weight excluding hydrogens is 552 g/mol. The molecule has 1 aliphatic heterocycles. The number of likely N-dealkylation sites (N-methyl/N-ethyl adjacent to an activating group) is 1. The SMILES string of the molecule is CCN(CC)C1=C(/C=C2\[Se]c3ccccc3N2CC)C(=O)/C1=C/c1[se]c2ccccc2[n+]1CC. The molecular formula is C28H30N3OSe2+. The third kappa shape index (κ3) is 3.83. The van der Waals surface area contributed by atoms with E-state index in [4.69, 9.17) is 0 Å². The van der Waals surface area contributed by atoms with Gasteiger partial charge in [0.1, 0.15) is 0 Å². The fourth-order valence-corrected chi connectivity index (χ4v) is 9.72. The summed E-state index contributed by atoms with van der Waals surface area (Å²) in [6.45, 7) is 12.4. The molecule has 0 saturated heterocycles. The van der Waals surface area contributed by atoms with Crippen molar-refractivity contribution in [2.75, 3.05) is 24.5 Å². The Balaban J connectivity index is 1.61. The van der Waals surface area contributed by atoms with E-state index in [1.165, 1.54) is 29.1 Å². The zero-order valence-electron chi connectivity index (χ0n) is 20.2. The molecule has 2 heterocycles. The summed E-state index contributed by atoms with van der Waals surface area (Å²) in [5, 5.41) is 0. The number of carbonyl (C=O) groups excluding carboxylic acids is 1. The third-order valence-corrected chi connectivity index (χ3v) is 11.2. The van der Waals surface area contributed by atoms with Crippen molar-refractivity contribution in [2.24, 2.45) is 0 Å². The normalized spacial score (nSPS) is 17.8. The van der Waals surface area contributed by atoms with Gasteiger partial charge in [-0.3, -0.25) is 0 Å². The second-order valence-corrected chi connectivity index (χ2v) is 12.7. The maximum absolute atomic E-state index is 13.6. The van der Waals surface area contributed by atoms with E-state index in [-0.39, 0.29) is 35.2 Å². The summed E-state index contributed by atoms with van der Waals surface area (Å²) < 4.78 is 7.74. The van der Waals surface area contributed by atoms with Gasteiger partial charge in [0.05, 0.1) is 0 Å². The van der Waals surface area contributed by atoms with Crippen LogP contribution in [-0.2, 0) is 11.3 Å².